The number of rotatable bonds is 6. The first-order valence-electron chi connectivity index (χ1n) is 4.66. The third-order valence-electron chi connectivity index (χ3n) is 2.04. The molecule has 0 spiro atoms. The van der Waals surface area contributed by atoms with Gasteiger partial charge in [0.25, 0.3) is 0 Å². The number of nitrogens with two attached hydrogens (primary N) is 1. The molecule has 0 aliphatic carbocycles. The Bertz CT molecular complexity index is 372. The molecule has 16 heavy (non-hydrogen) atoms. The molecule has 3 N–H and O–H groups in total. The quantitative estimate of drug-likeness (QED) is 0.634. The van der Waals surface area contributed by atoms with E-state index in [9.17, 15) is 9.59 Å². The molecule has 0 saturated carbocycles. The lowest BCUT2D eigenvalue weighted by molar-refractivity contribution is -0.138. The van der Waals surface area contributed by atoms with Crippen molar-refractivity contribution in [3.63, 3.8) is 0 Å². The van der Waals surface area contributed by atoms with Crippen molar-refractivity contribution in [1.29, 1.82) is 0 Å². The molecule has 1 aromatic heterocycles. The van der Waals surface area contributed by atoms with Crippen molar-refractivity contribution in [3.8, 4) is 0 Å². The van der Waals surface area contributed by atoms with Gasteiger partial charge in [0.05, 0.1) is 25.1 Å². The lowest BCUT2D eigenvalue weighted by Gasteiger charge is -2.18. The molecular formula is C9H14N4O3. The third kappa shape index (κ3) is 3.70. The summed E-state index contributed by atoms with van der Waals surface area (Å²) in [5.74, 6) is -1.55. The molecule has 0 aliphatic heterocycles. The number of imidazole rings is 1. The third-order valence-corrected chi connectivity index (χ3v) is 2.04. The van der Waals surface area contributed by atoms with E-state index in [-0.39, 0.29) is 13.1 Å². The van der Waals surface area contributed by atoms with Crippen LogP contribution in [0.5, 0.6) is 0 Å². The molecule has 7 nitrogen and oxygen atoms in total. The normalized spacial score (nSPS) is 10.6. The van der Waals surface area contributed by atoms with Gasteiger partial charge in [-0.1, -0.05) is 0 Å². The minimum Gasteiger partial charge on any atom is -0.480 e. The van der Waals surface area contributed by atoms with Gasteiger partial charge in [0.1, 0.15) is 0 Å². The Hall–Kier alpha value is -1.89. The maximum absolute atomic E-state index is 10.8. The average molecular weight is 226 g/mol. The molecular weight excluding hydrogens is 212 g/mol. The molecule has 7 heteroatoms. The van der Waals surface area contributed by atoms with E-state index in [1.165, 1.54) is 4.90 Å². The molecule has 0 unspecified atom stereocenters. The Labute approximate surface area is 92.5 Å². The standard InChI is InChI=1S/C9H14N4O3/c1-12-6-11-2-7(12)3-13(4-8(10)14)5-9(15)16/h2,6H,3-5H2,1H3,(H2,10,14)(H,15,16). The van der Waals surface area contributed by atoms with E-state index >= 15 is 0 Å². The summed E-state index contributed by atoms with van der Waals surface area (Å²) < 4.78 is 1.76. The van der Waals surface area contributed by atoms with E-state index in [4.69, 9.17) is 10.8 Å². The van der Waals surface area contributed by atoms with Crippen LogP contribution >= 0.6 is 0 Å². The van der Waals surface area contributed by atoms with Crippen LogP contribution in [-0.2, 0) is 23.2 Å². The fourth-order valence-electron chi connectivity index (χ4n) is 1.35. The molecule has 1 rings (SSSR count). The van der Waals surface area contributed by atoms with Crippen LogP contribution in [0.3, 0.4) is 0 Å². The number of carbonyl (C=O) groups is 2. The Balaban J connectivity index is 2.66. The summed E-state index contributed by atoms with van der Waals surface area (Å²) in [5, 5.41) is 8.68. The van der Waals surface area contributed by atoms with Gasteiger partial charge in [0.2, 0.25) is 5.91 Å². The zero-order chi connectivity index (χ0) is 12.1. The summed E-state index contributed by atoms with van der Waals surface area (Å²) in [6, 6.07) is 0. The molecule has 1 heterocycles. The van der Waals surface area contributed by atoms with E-state index in [2.05, 4.69) is 4.98 Å². The lowest BCUT2D eigenvalue weighted by Crippen LogP contribution is -2.37. The number of primary amides is 1. The highest BCUT2D eigenvalue weighted by Crippen LogP contribution is 2.02. The van der Waals surface area contributed by atoms with Gasteiger partial charge in [-0.2, -0.15) is 0 Å². The highest BCUT2D eigenvalue weighted by atomic mass is 16.4. The predicted molar refractivity (Wildman–Crippen MR) is 55.3 cm³/mol. The second-order valence-electron chi connectivity index (χ2n) is 3.50. The molecule has 0 aromatic carbocycles. The molecule has 0 saturated heterocycles. The van der Waals surface area contributed by atoms with Crippen molar-refractivity contribution in [2.24, 2.45) is 12.8 Å². The smallest absolute Gasteiger partial charge is 0.317 e. The Kier molecular flexibility index (Phi) is 4.01. The number of aryl methyl sites for hydroxylation is 1. The van der Waals surface area contributed by atoms with Crippen LogP contribution in [-0.4, -0.2) is 44.5 Å². The van der Waals surface area contributed by atoms with E-state index < -0.39 is 11.9 Å². The van der Waals surface area contributed by atoms with E-state index in [0.717, 1.165) is 5.69 Å². The lowest BCUT2D eigenvalue weighted by atomic mass is 10.3. The fraction of sp³-hybridized carbons (Fsp3) is 0.444. The number of aromatic nitrogens is 2. The first kappa shape index (κ1) is 12.2. The second kappa shape index (κ2) is 5.26. The van der Waals surface area contributed by atoms with Crippen molar-refractivity contribution in [2.45, 2.75) is 6.54 Å². The van der Waals surface area contributed by atoms with Gasteiger partial charge in [-0.05, 0) is 0 Å². The Morgan fingerprint density at radius 3 is 2.69 bits per heavy atom. The molecule has 0 fully saturated rings. The largest absolute Gasteiger partial charge is 0.480 e. The monoisotopic (exact) mass is 226 g/mol. The number of hydrogen-bond acceptors (Lipinski definition) is 4. The maximum Gasteiger partial charge on any atom is 0.317 e. The number of carboxylic acid groups (broad SMARTS) is 1. The van der Waals surface area contributed by atoms with E-state index in [0.29, 0.717) is 6.54 Å². The SMILES string of the molecule is Cn1cncc1CN(CC(N)=O)CC(=O)O. The number of hydrogen-bond donors (Lipinski definition) is 2. The van der Waals surface area contributed by atoms with Crippen LogP contribution < -0.4 is 5.73 Å². The van der Waals surface area contributed by atoms with Gasteiger partial charge in [0.15, 0.2) is 0 Å². The van der Waals surface area contributed by atoms with Crippen molar-refractivity contribution < 1.29 is 14.7 Å². The highest BCUT2D eigenvalue weighted by Gasteiger charge is 2.14. The predicted octanol–water partition coefficient (Wildman–Crippen LogP) is -1.21. The second-order valence-corrected chi connectivity index (χ2v) is 3.50. The van der Waals surface area contributed by atoms with Crippen molar-refractivity contribution >= 4 is 11.9 Å². The summed E-state index contributed by atoms with van der Waals surface area (Å²) >= 11 is 0. The molecule has 1 amide bonds. The number of nitrogens with zero attached hydrogens (tertiary/aromatic N) is 3. The molecule has 0 atom stereocenters. The summed E-state index contributed by atoms with van der Waals surface area (Å²) in [5.41, 5.74) is 5.86. The first-order chi connectivity index (χ1) is 7.49. The highest BCUT2D eigenvalue weighted by molar-refractivity contribution is 5.77. The summed E-state index contributed by atoms with van der Waals surface area (Å²) in [7, 11) is 1.80. The van der Waals surface area contributed by atoms with Crippen LogP contribution in [0, 0.1) is 0 Å². The summed E-state index contributed by atoms with van der Waals surface area (Å²) in [6.07, 6.45) is 3.23. The molecule has 1 aromatic rings. The minimum atomic E-state index is -0.997. The number of amides is 1. The van der Waals surface area contributed by atoms with Gasteiger partial charge in [-0.3, -0.25) is 14.5 Å². The van der Waals surface area contributed by atoms with Gasteiger partial charge >= 0.3 is 5.97 Å². The first-order valence-corrected chi connectivity index (χ1v) is 4.66. The van der Waals surface area contributed by atoms with E-state index in [1.54, 1.807) is 24.1 Å². The topological polar surface area (TPSA) is 101 Å². The van der Waals surface area contributed by atoms with Crippen LogP contribution in [0.4, 0.5) is 0 Å². The minimum absolute atomic E-state index is 0.0858. The van der Waals surface area contributed by atoms with Crippen LogP contribution in [0.2, 0.25) is 0 Å². The zero-order valence-corrected chi connectivity index (χ0v) is 8.96. The van der Waals surface area contributed by atoms with Crippen LogP contribution in [0.25, 0.3) is 0 Å². The Morgan fingerprint density at radius 1 is 1.56 bits per heavy atom. The average Bonchev–Trinajstić information content (AvgIpc) is 2.49. The number of carboxylic acids is 1. The summed E-state index contributed by atoms with van der Waals surface area (Å²) in [6.45, 7) is 0.0112. The number of aliphatic carboxylic acids is 1. The van der Waals surface area contributed by atoms with Crippen molar-refractivity contribution in [3.05, 3.63) is 18.2 Å². The number of carbonyl (C=O) groups excluding carboxylic acids is 1. The van der Waals surface area contributed by atoms with Crippen LogP contribution in [0.1, 0.15) is 5.69 Å². The maximum atomic E-state index is 10.8. The van der Waals surface area contributed by atoms with Gasteiger partial charge in [0, 0.05) is 19.8 Å². The van der Waals surface area contributed by atoms with Crippen molar-refractivity contribution in [2.75, 3.05) is 13.1 Å². The molecule has 88 valence electrons. The van der Waals surface area contributed by atoms with Gasteiger partial charge in [-0.15, -0.1) is 0 Å². The van der Waals surface area contributed by atoms with Crippen molar-refractivity contribution in [1.82, 2.24) is 14.5 Å². The van der Waals surface area contributed by atoms with Gasteiger partial charge < -0.3 is 15.4 Å². The van der Waals surface area contributed by atoms with Crippen LogP contribution in [0.15, 0.2) is 12.5 Å². The zero-order valence-electron chi connectivity index (χ0n) is 8.96. The van der Waals surface area contributed by atoms with E-state index in [1.807, 2.05) is 0 Å². The fourth-order valence-corrected chi connectivity index (χ4v) is 1.35. The molecule has 0 bridgehead atoms. The Morgan fingerprint density at radius 2 is 2.25 bits per heavy atom. The molecule has 0 radical (unpaired) electrons. The van der Waals surface area contributed by atoms with Gasteiger partial charge in [-0.25, -0.2) is 4.98 Å². The summed E-state index contributed by atoms with van der Waals surface area (Å²) in [4.78, 5) is 26.7. The molecule has 0 aliphatic rings.